The normalized spacial score (nSPS) is 31.3. The van der Waals surface area contributed by atoms with Crippen LogP contribution in [-0.4, -0.2) is 108 Å². The highest BCUT2D eigenvalue weighted by atomic mass is 19.4. The zero-order chi connectivity index (χ0) is 30.9. The summed E-state index contributed by atoms with van der Waals surface area (Å²) in [5.41, 5.74) is -1.39. The third-order valence-corrected chi connectivity index (χ3v) is 10.4. The Labute approximate surface area is 253 Å². The predicted octanol–water partition coefficient (Wildman–Crippen LogP) is 3.97. The molecule has 6 atom stereocenters. The Hall–Kier alpha value is -2.02. The third-order valence-electron chi connectivity index (χ3n) is 10.4. The van der Waals surface area contributed by atoms with E-state index in [-0.39, 0.29) is 47.9 Å². The number of piperazine rings is 1. The van der Waals surface area contributed by atoms with Crippen molar-refractivity contribution in [1.82, 2.24) is 25.1 Å². The maximum atomic E-state index is 14.5. The minimum Gasteiger partial charge on any atom is -0.379 e. The Bertz CT molecular complexity index is 1110. The van der Waals surface area contributed by atoms with Crippen LogP contribution in [0, 0.1) is 11.3 Å². The number of halogens is 3. The van der Waals surface area contributed by atoms with Crippen molar-refractivity contribution in [3.05, 3.63) is 18.1 Å². The Kier molecular flexibility index (Phi) is 9.90. The van der Waals surface area contributed by atoms with Crippen LogP contribution in [-0.2, 0) is 20.4 Å². The van der Waals surface area contributed by atoms with E-state index in [0.29, 0.717) is 25.7 Å². The highest BCUT2D eigenvalue weighted by Crippen LogP contribution is 2.50. The van der Waals surface area contributed by atoms with Crippen LogP contribution in [0.5, 0.6) is 0 Å². The van der Waals surface area contributed by atoms with Gasteiger partial charge in [0, 0.05) is 57.5 Å². The molecule has 3 saturated heterocycles. The minimum absolute atomic E-state index is 0.0107. The molecule has 4 fully saturated rings. The lowest BCUT2D eigenvalue weighted by molar-refractivity contribution is -0.146. The number of fused-ring (bicyclic) bond motifs is 2. The van der Waals surface area contributed by atoms with Gasteiger partial charge >= 0.3 is 6.18 Å². The minimum atomic E-state index is -4.52. The Morgan fingerprint density at radius 3 is 2.65 bits per heavy atom. The number of likely N-dealkylation sites (tertiary alicyclic amines) is 1. The van der Waals surface area contributed by atoms with E-state index in [2.05, 4.69) is 47.9 Å². The molecule has 12 heteroatoms. The number of nitrogens with one attached hydrogen (secondary N) is 1. The van der Waals surface area contributed by atoms with Crippen LogP contribution in [0.3, 0.4) is 0 Å². The fourth-order valence-electron chi connectivity index (χ4n) is 8.02. The fourth-order valence-corrected chi connectivity index (χ4v) is 8.02. The molecule has 9 nitrogen and oxygen atoms in total. The highest BCUT2D eigenvalue weighted by molar-refractivity contribution is 5.84. The lowest BCUT2D eigenvalue weighted by Crippen LogP contribution is -2.56. The molecule has 0 spiro atoms. The summed E-state index contributed by atoms with van der Waals surface area (Å²) in [6, 6.07) is 1.94. The first kappa shape index (κ1) is 32.4. The van der Waals surface area contributed by atoms with Crippen LogP contribution in [0.15, 0.2) is 12.4 Å². The molecule has 2 bridgehead atoms. The van der Waals surface area contributed by atoms with Gasteiger partial charge in [-0.05, 0) is 51.0 Å². The quantitative estimate of drug-likeness (QED) is 0.377. The van der Waals surface area contributed by atoms with Gasteiger partial charge in [-0.1, -0.05) is 27.7 Å². The molecule has 1 aromatic heterocycles. The first-order valence-electron chi connectivity index (χ1n) is 16.0. The van der Waals surface area contributed by atoms with Crippen molar-refractivity contribution in [2.24, 2.45) is 11.3 Å². The maximum absolute atomic E-state index is 14.5. The lowest BCUT2D eigenvalue weighted by atomic mass is 9.74. The van der Waals surface area contributed by atoms with E-state index in [1.54, 1.807) is 7.11 Å². The van der Waals surface area contributed by atoms with Gasteiger partial charge in [0.1, 0.15) is 17.8 Å². The van der Waals surface area contributed by atoms with Gasteiger partial charge in [0.05, 0.1) is 30.2 Å². The van der Waals surface area contributed by atoms with Crippen LogP contribution >= 0.6 is 0 Å². The number of alkyl halides is 3. The molecule has 4 aliphatic rings. The van der Waals surface area contributed by atoms with Gasteiger partial charge < -0.3 is 24.6 Å². The number of hydrogen-bond acceptors (Lipinski definition) is 8. The first-order chi connectivity index (χ1) is 20.4. The second-order valence-electron chi connectivity index (χ2n) is 13.5. The van der Waals surface area contributed by atoms with Crippen LogP contribution < -0.4 is 10.2 Å². The number of aromatic nitrogens is 2. The van der Waals surface area contributed by atoms with Crippen molar-refractivity contribution in [2.75, 3.05) is 51.4 Å². The van der Waals surface area contributed by atoms with Crippen LogP contribution in [0.4, 0.5) is 19.0 Å². The number of anilines is 1. The number of hydrogen-bond donors (Lipinski definition) is 1. The van der Waals surface area contributed by atoms with Crippen molar-refractivity contribution >= 4 is 11.7 Å². The number of methoxy groups -OCH3 is 1. The molecule has 1 aromatic rings. The summed E-state index contributed by atoms with van der Waals surface area (Å²) in [6.45, 7) is 12.9. The van der Waals surface area contributed by atoms with Crippen molar-refractivity contribution in [3.63, 3.8) is 0 Å². The van der Waals surface area contributed by atoms with Crippen LogP contribution in [0.2, 0.25) is 0 Å². The average Bonchev–Trinajstić information content (AvgIpc) is 3.72. The highest BCUT2D eigenvalue weighted by Gasteiger charge is 2.56. The van der Waals surface area contributed by atoms with E-state index in [1.807, 2.05) is 9.80 Å². The number of nitrogens with zero attached hydrogens (tertiary/aromatic N) is 5. The Morgan fingerprint density at radius 1 is 1.21 bits per heavy atom. The van der Waals surface area contributed by atoms with Gasteiger partial charge in [0.15, 0.2) is 0 Å². The van der Waals surface area contributed by atoms with Crippen LogP contribution in [0.25, 0.3) is 0 Å². The Balaban J connectivity index is 1.30. The molecule has 0 radical (unpaired) electrons. The van der Waals surface area contributed by atoms with Gasteiger partial charge in [-0.2, -0.15) is 13.2 Å². The molecule has 43 heavy (non-hydrogen) atoms. The topological polar surface area (TPSA) is 83.1 Å². The zero-order valence-corrected chi connectivity index (χ0v) is 26.3. The van der Waals surface area contributed by atoms with Gasteiger partial charge in [-0.15, -0.1) is 0 Å². The van der Waals surface area contributed by atoms with E-state index >= 15 is 0 Å². The van der Waals surface area contributed by atoms with Gasteiger partial charge in [-0.3, -0.25) is 9.69 Å². The van der Waals surface area contributed by atoms with Crippen molar-refractivity contribution in [3.8, 4) is 0 Å². The maximum Gasteiger partial charge on any atom is 0.433 e. The smallest absolute Gasteiger partial charge is 0.379 e. The van der Waals surface area contributed by atoms with Crippen molar-refractivity contribution in [1.29, 1.82) is 0 Å². The number of rotatable bonds is 11. The third kappa shape index (κ3) is 6.67. The van der Waals surface area contributed by atoms with Crippen molar-refractivity contribution in [2.45, 2.75) is 109 Å². The summed E-state index contributed by atoms with van der Waals surface area (Å²) in [7, 11) is 1.76. The molecule has 1 N–H and O–H groups in total. The molecule has 0 unspecified atom stereocenters. The van der Waals surface area contributed by atoms with E-state index in [0.717, 1.165) is 70.6 Å². The summed E-state index contributed by atoms with van der Waals surface area (Å²) in [6.07, 6.45) is 1.78. The van der Waals surface area contributed by atoms with Gasteiger partial charge in [0.2, 0.25) is 5.91 Å². The molecule has 3 aliphatic heterocycles. The molecule has 4 heterocycles. The standard InChI is InChI=1S/C31H49F3N6O3/c1-20(2)30(9-7-22(15-30)38(11-6-10-35-21(3)4)25-8-12-43-18-26(25)42-5)29(41)40-17-23-13-24(40)16-39(23)28-14-27(31(32,33)34)36-19-37-28/h14,19-26,35H,6-13,15-18H2,1-5H3/t22-,23+,24+,25+,26-,30+/m1/s1. The largest absolute Gasteiger partial charge is 0.433 e. The number of amides is 1. The molecular weight excluding hydrogens is 561 g/mol. The molecule has 1 saturated carbocycles. The summed E-state index contributed by atoms with van der Waals surface area (Å²) in [5.74, 6) is 0.675. The monoisotopic (exact) mass is 610 g/mol. The summed E-state index contributed by atoms with van der Waals surface area (Å²) in [5, 5.41) is 3.54. The number of ether oxygens (including phenoxy) is 2. The van der Waals surface area contributed by atoms with Crippen LogP contribution in [0.1, 0.15) is 71.9 Å². The second-order valence-corrected chi connectivity index (χ2v) is 13.5. The summed E-state index contributed by atoms with van der Waals surface area (Å²) < 4.78 is 51.5. The van der Waals surface area contributed by atoms with E-state index in [1.165, 1.54) is 0 Å². The first-order valence-corrected chi connectivity index (χ1v) is 16.0. The number of carbonyl (C=O) groups is 1. The predicted molar refractivity (Wildman–Crippen MR) is 158 cm³/mol. The summed E-state index contributed by atoms with van der Waals surface area (Å²) >= 11 is 0. The van der Waals surface area contributed by atoms with Gasteiger partial charge in [0.25, 0.3) is 0 Å². The number of carbonyl (C=O) groups excluding carboxylic acids is 1. The fraction of sp³-hybridized carbons (Fsp3) is 0.839. The molecule has 1 aliphatic carbocycles. The summed E-state index contributed by atoms with van der Waals surface area (Å²) in [4.78, 5) is 28.6. The van der Waals surface area contributed by atoms with E-state index < -0.39 is 17.3 Å². The average molecular weight is 611 g/mol. The van der Waals surface area contributed by atoms with Gasteiger partial charge in [-0.25, -0.2) is 9.97 Å². The van der Waals surface area contributed by atoms with E-state index in [4.69, 9.17) is 9.47 Å². The second kappa shape index (κ2) is 13.1. The zero-order valence-electron chi connectivity index (χ0n) is 26.3. The molecule has 5 rings (SSSR count). The SMILES string of the molecule is CO[C@@H]1COCC[C@@H]1N(CCCNC(C)C)[C@@H]1CC[C@@](C(=O)N2C[C@@H]3C[C@H]2CN3c2cc(C(F)(F)F)ncn2)(C(C)C)C1. The molecule has 1 amide bonds. The van der Waals surface area contributed by atoms with E-state index in [9.17, 15) is 18.0 Å². The molecule has 242 valence electrons. The molecule has 0 aromatic carbocycles. The Morgan fingerprint density at radius 2 is 2.00 bits per heavy atom. The van der Waals surface area contributed by atoms with Crippen molar-refractivity contribution < 1.29 is 27.4 Å². The lowest BCUT2D eigenvalue weighted by Gasteiger charge is -2.44. The molecular formula is C31H49F3N6O3.